The van der Waals surface area contributed by atoms with Crippen molar-refractivity contribution in [2.24, 2.45) is 0 Å². The molecule has 0 aliphatic rings. The maximum absolute atomic E-state index is 9.17. The topological polar surface area (TPSA) is 72.7 Å². The summed E-state index contributed by atoms with van der Waals surface area (Å²) >= 11 is 3.24. The van der Waals surface area contributed by atoms with E-state index in [1.54, 1.807) is 6.07 Å². The van der Waals surface area contributed by atoms with Crippen LogP contribution in [0.4, 0.5) is 0 Å². The third-order valence-electron chi connectivity index (χ3n) is 1.69. The van der Waals surface area contributed by atoms with E-state index in [-0.39, 0.29) is 12.4 Å². The quantitative estimate of drug-likeness (QED) is 0.606. The van der Waals surface area contributed by atoms with Crippen LogP contribution in [0, 0.1) is 0 Å². The van der Waals surface area contributed by atoms with Crippen molar-refractivity contribution >= 4 is 15.9 Å². The number of aromatic hydroxyl groups is 1. The number of rotatable bonds is 3. The highest BCUT2D eigenvalue weighted by atomic mass is 79.9. The van der Waals surface area contributed by atoms with Gasteiger partial charge in [0.1, 0.15) is 5.75 Å². The molecule has 13 heavy (non-hydrogen) atoms. The lowest BCUT2D eigenvalue weighted by atomic mass is 10.1. The predicted octanol–water partition coefficient (Wildman–Crippen LogP) is 1.17. The molecule has 0 saturated heterocycles. The van der Waals surface area contributed by atoms with E-state index < -0.39 is 6.04 Å². The molecule has 1 atom stereocenters. The Kier molecular flexibility index (Phi) is 3.68. The highest BCUT2D eigenvalue weighted by molar-refractivity contribution is 9.10. The van der Waals surface area contributed by atoms with E-state index >= 15 is 0 Å². The average molecular weight is 248 g/mol. The van der Waals surface area contributed by atoms with Crippen molar-refractivity contribution in [2.75, 3.05) is 6.61 Å². The summed E-state index contributed by atoms with van der Waals surface area (Å²) in [5, 5.41) is 26.7. The van der Waals surface area contributed by atoms with Gasteiger partial charge in [-0.2, -0.15) is 5.48 Å². The van der Waals surface area contributed by atoms with Crippen molar-refractivity contribution in [2.45, 2.75) is 6.04 Å². The highest BCUT2D eigenvalue weighted by Gasteiger charge is 2.12. The molecule has 0 aliphatic carbocycles. The largest absolute Gasteiger partial charge is 0.508 e. The van der Waals surface area contributed by atoms with Crippen LogP contribution in [0.1, 0.15) is 11.6 Å². The zero-order chi connectivity index (χ0) is 9.84. The van der Waals surface area contributed by atoms with Gasteiger partial charge in [-0.3, -0.25) is 0 Å². The van der Waals surface area contributed by atoms with E-state index in [0.29, 0.717) is 10.0 Å². The van der Waals surface area contributed by atoms with E-state index in [1.807, 2.05) is 5.48 Å². The van der Waals surface area contributed by atoms with E-state index in [4.69, 9.17) is 15.4 Å². The summed E-state index contributed by atoms with van der Waals surface area (Å²) in [6, 6.07) is 4.03. The molecular weight excluding hydrogens is 238 g/mol. The Morgan fingerprint density at radius 1 is 1.46 bits per heavy atom. The number of hydrogen-bond donors (Lipinski definition) is 4. The third-order valence-corrected chi connectivity index (χ3v) is 2.42. The summed E-state index contributed by atoms with van der Waals surface area (Å²) in [6.07, 6.45) is 0. The van der Waals surface area contributed by atoms with Gasteiger partial charge in [0.15, 0.2) is 0 Å². The molecule has 1 aromatic carbocycles. The molecule has 0 radical (unpaired) electrons. The maximum atomic E-state index is 9.17. The zero-order valence-corrected chi connectivity index (χ0v) is 8.32. The first kappa shape index (κ1) is 10.5. The monoisotopic (exact) mass is 247 g/mol. The number of hydrogen-bond acceptors (Lipinski definition) is 4. The molecule has 0 bridgehead atoms. The van der Waals surface area contributed by atoms with Crippen LogP contribution in [0.2, 0.25) is 0 Å². The van der Waals surface area contributed by atoms with Gasteiger partial charge in [-0.05, 0) is 23.8 Å². The molecule has 0 saturated carbocycles. The minimum atomic E-state index is -0.596. The van der Waals surface area contributed by atoms with E-state index in [2.05, 4.69) is 15.9 Å². The fourth-order valence-corrected chi connectivity index (χ4v) is 1.53. The van der Waals surface area contributed by atoms with Gasteiger partial charge in [0.05, 0.1) is 12.6 Å². The normalized spacial score (nSPS) is 12.8. The van der Waals surface area contributed by atoms with E-state index in [0.717, 1.165) is 0 Å². The summed E-state index contributed by atoms with van der Waals surface area (Å²) in [5.41, 5.74) is 2.55. The summed E-state index contributed by atoms with van der Waals surface area (Å²) in [7, 11) is 0. The molecule has 4 nitrogen and oxygen atoms in total. The number of phenols is 1. The minimum absolute atomic E-state index is 0.0897. The SMILES string of the molecule is OC[C@H](NO)c1cc(O)ccc1Br. The van der Waals surface area contributed by atoms with Gasteiger partial charge in [-0.25, -0.2) is 0 Å². The van der Waals surface area contributed by atoms with Crippen LogP contribution in [-0.4, -0.2) is 22.0 Å². The molecule has 0 fully saturated rings. The number of aliphatic hydroxyl groups is 1. The van der Waals surface area contributed by atoms with Gasteiger partial charge in [0.2, 0.25) is 0 Å². The Morgan fingerprint density at radius 3 is 2.69 bits per heavy atom. The summed E-state index contributed by atoms with van der Waals surface area (Å²) in [5.74, 6) is 0.0897. The number of benzene rings is 1. The van der Waals surface area contributed by atoms with Crippen LogP contribution < -0.4 is 5.48 Å². The second-order valence-corrected chi connectivity index (χ2v) is 3.42. The van der Waals surface area contributed by atoms with Crippen molar-refractivity contribution in [3.63, 3.8) is 0 Å². The minimum Gasteiger partial charge on any atom is -0.508 e. The first-order chi connectivity index (χ1) is 6.19. The molecule has 0 unspecified atom stereocenters. The molecule has 4 N–H and O–H groups in total. The molecule has 0 aromatic heterocycles. The first-order valence-electron chi connectivity index (χ1n) is 3.68. The second-order valence-electron chi connectivity index (χ2n) is 2.57. The van der Waals surface area contributed by atoms with Crippen molar-refractivity contribution in [1.82, 2.24) is 5.48 Å². The van der Waals surface area contributed by atoms with Crippen LogP contribution in [0.15, 0.2) is 22.7 Å². The van der Waals surface area contributed by atoms with Crippen molar-refractivity contribution in [3.8, 4) is 5.75 Å². The predicted molar refractivity (Wildman–Crippen MR) is 50.6 cm³/mol. The zero-order valence-electron chi connectivity index (χ0n) is 6.74. The Hall–Kier alpha value is -0.620. The molecule has 0 heterocycles. The fourth-order valence-electron chi connectivity index (χ4n) is 1.01. The second kappa shape index (κ2) is 4.57. The third kappa shape index (κ3) is 2.41. The number of halogens is 1. The lowest BCUT2D eigenvalue weighted by Gasteiger charge is -2.14. The Labute approximate surface area is 83.9 Å². The number of nitrogens with one attached hydrogen (secondary N) is 1. The molecule has 0 aliphatic heterocycles. The van der Waals surface area contributed by atoms with Crippen molar-refractivity contribution in [1.29, 1.82) is 0 Å². The summed E-state index contributed by atoms with van der Waals surface area (Å²) in [6.45, 7) is -0.251. The molecule has 0 amide bonds. The summed E-state index contributed by atoms with van der Waals surface area (Å²) < 4.78 is 0.714. The van der Waals surface area contributed by atoms with Crippen LogP contribution >= 0.6 is 15.9 Å². The Morgan fingerprint density at radius 2 is 2.15 bits per heavy atom. The molecule has 0 spiro atoms. The molecular formula is C8H10BrNO3. The summed E-state index contributed by atoms with van der Waals surface area (Å²) in [4.78, 5) is 0. The lowest BCUT2D eigenvalue weighted by molar-refractivity contribution is 0.0902. The fraction of sp³-hybridized carbons (Fsp3) is 0.250. The lowest BCUT2D eigenvalue weighted by Crippen LogP contribution is -2.20. The van der Waals surface area contributed by atoms with Gasteiger partial charge >= 0.3 is 0 Å². The van der Waals surface area contributed by atoms with Crippen LogP contribution in [0.25, 0.3) is 0 Å². The number of aliphatic hydroxyl groups excluding tert-OH is 1. The molecule has 72 valence electrons. The number of hydroxylamine groups is 1. The molecule has 5 heteroatoms. The van der Waals surface area contributed by atoms with Crippen LogP contribution in [0.3, 0.4) is 0 Å². The smallest absolute Gasteiger partial charge is 0.115 e. The number of phenolic OH excluding ortho intramolecular Hbond substituents is 1. The molecule has 1 aromatic rings. The highest BCUT2D eigenvalue weighted by Crippen LogP contribution is 2.26. The molecule has 1 rings (SSSR count). The van der Waals surface area contributed by atoms with Crippen LogP contribution in [-0.2, 0) is 0 Å². The van der Waals surface area contributed by atoms with Gasteiger partial charge in [0.25, 0.3) is 0 Å². The van der Waals surface area contributed by atoms with E-state index in [9.17, 15) is 0 Å². The van der Waals surface area contributed by atoms with Crippen molar-refractivity contribution in [3.05, 3.63) is 28.2 Å². The van der Waals surface area contributed by atoms with E-state index in [1.165, 1.54) is 12.1 Å². The Bertz CT molecular complexity index is 289. The van der Waals surface area contributed by atoms with Gasteiger partial charge in [-0.15, -0.1) is 0 Å². The Balaban J connectivity index is 3.03. The van der Waals surface area contributed by atoms with Gasteiger partial charge in [0, 0.05) is 4.47 Å². The van der Waals surface area contributed by atoms with Crippen LogP contribution in [0.5, 0.6) is 5.75 Å². The maximum Gasteiger partial charge on any atom is 0.115 e. The van der Waals surface area contributed by atoms with Crippen molar-refractivity contribution < 1.29 is 15.4 Å². The average Bonchev–Trinajstić information content (AvgIpc) is 2.13. The first-order valence-corrected chi connectivity index (χ1v) is 4.47. The van der Waals surface area contributed by atoms with Gasteiger partial charge in [-0.1, -0.05) is 15.9 Å². The van der Waals surface area contributed by atoms with Gasteiger partial charge < -0.3 is 15.4 Å². The standard InChI is InChI=1S/C8H10BrNO3/c9-7-2-1-5(12)3-6(7)8(4-11)10-13/h1-3,8,10-13H,4H2/t8-/m0/s1.